The van der Waals surface area contributed by atoms with Gasteiger partial charge in [-0.15, -0.1) is 0 Å². The lowest BCUT2D eigenvalue weighted by Gasteiger charge is -2.16. The molecule has 0 bridgehead atoms. The summed E-state index contributed by atoms with van der Waals surface area (Å²) in [6.45, 7) is 2.70. The van der Waals surface area contributed by atoms with Gasteiger partial charge in [0.15, 0.2) is 0 Å². The summed E-state index contributed by atoms with van der Waals surface area (Å²) in [5.41, 5.74) is 0. The van der Waals surface area contributed by atoms with Crippen molar-refractivity contribution in [3.63, 3.8) is 0 Å². The van der Waals surface area contributed by atoms with E-state index in [2.05, 4.69) is 11.7 Å². The average molecular weight is 328 g/mol. The molecule has 0 atom stereocenters. The Morgan fingerprint density at radius 2 is 1.26 bits per heavy atom. The summed E-state index contributed by atoms with van der Waals surface area (Å²) >= 11 is 0. The van der Waals surface area contributed by atoms with E-state index in [9.17, 15) is 9.59 Å². The molecule has 0 N–H and O–H groups in total. The van der Waals surface area contributed by atoms with Crippen LogP contribution in [-0.4, -0.2) is 37.5 Å². The Labute approximate surface area is 143 Å². The predicted molar refractivity (Wildman–Crippen MR) is 95.3 cm³/mol. The Kier molecular flexibility index (Phi) is 15.1. The predicted octanol–water partition coefficient (Wildman–Crippen LogP) is 4.71. The monoisotopic (exact) mass is 327 g/mol. The van der Waals surface area contributed by atoms with Crippen molar-refractivity contribution in [3.8, 4) is 0 Å². The van der Waals surface area contributed by atoms with Crippen LogP contribution in [0, 0.1) is 0 Å². The minimum absolute atomic E-state index is 0.129. The third-order valence-electron chi connectivity index (χ3n) is 4.30. The lowest BCUT2D eigenvalue weighted by molar-refractivity contribution is -0.141. The molecule has 0 aromatic rings. The molecule has 1 amide bonds. The quantitative estimate of drug-likeness (QED) is 0.323. The van der Waals surface area contributed by atoms with Crippen molar-refractivity contribution in [2.75, 3.05) is 20.7 Å². The summed E-state index contributed by atoms with van der Waals surface area (Å²) in [5.74, 6) is -0.135. The van der Waals surface area contributed by atoms with Crippen LogP contribution in [-0.2, 0) is 14.3 Å². The molecule has 0 aliphatic carbocycles. The van der Waals surface area contributed by atoms with Crippen molar-refractivity contribution >= 4 is 11.9 Å². The molecule has 0 saturated heterocycles. The van der Waals surface area contributed by atoms with E-state index in [4.69, 9.17) is 0 Å². The maximum Gasteiger partial charge on any atom is 0.307 e. The maximum atomic E-state index is 11.9. The third kappa shape index (κ3) is 14.3. The SMILES string of the molecule is CCCCCCCCCCCCCC(=O)N(C)CCC(=O)OC. The Balaban J connectivity index is 3.36. The summed E-state index contributed by atoms with van der Waals surface area (Å²) in [5, 5.41) is 0. The lowest BCUT2D eigenvalue weighted by Crippen LogP contribution is -2.29. The highest BCUT2D eigenvalue weighted by atomic mass is 16.5. The first-order valence-electron chi connectivity index (χ1n) is 9.42. The number of hydrogen-bond acceptors (Lipinski definition) is 3. The zero-order valence-corrected chi connectivity index (χ0v) is 15.6. The molecule has 0 aliphatic heterocycles. The third-order valence-corrected chi connectivity index (χ3v) is 4.30. The Hall–Kier alpha value is -1.06. The van der Waals surface area contributed by atoms with Crippen LogP contribution < -0.4 is 0 Å². The molecule has 0 radical (unpaired) electrons. The number of rotatable bonds is 15. The molecule has 0 aliphatic rings. The van der Waals surface area contributed by atoms with Gasteiger partial charge < -0.3 is 9.64 Å². The summed E-state index contributed by atoms with van der Waals surface area (Å²) in [7, 11) is 3.12. The summed E-state index contributed by atoms with van der Waals surface area (Å²) in [4.78, 5) is 24.5. The van der Waals surface area contributed by atoms with Crippen molar-refractivity contribution in [2.45, 2.75) is 90.4 Å². The second kappa shape index (κ2) is 15.8. The number of amides is 1. The van der Waals surface area contributed by atoms with E-state index >= 15 is 0 Å². The minimum Gasteiger partial charge on any atom is -0.469 e. The van der Waals surface area contributed by atoms with Gasteiger partial charge in [0.05, 0.1) is 13.5 Å². The highest BCUT2D eigenvalue weighted by Gasteiger charge is 2.10. The van der Waals surface area contributed by atoms with Crippen molar-refractivity contribution < 1.29 is 14.3 Å². The lowest BCUT2D eigenvalue weighted by atomic mass is 10.1. The second-order valence-corrected chi connectivity index (χ2v) is 6.43. The fraction of sp³-hybridized carbons (Fsp3) is 0.895. The molecule has 0 fully saturated rings. The molecular weight excluding hydrogens is 290 g/mol. The van der Waals surface area contributed by atoms with Crippen LogP contribution in [0.2, 0.25) is 0 Å². The standard InChI is InChI=1S/C19H37NO3/c1-4-5-6-7-8-9-10-11-12-13-14-15-18(21)20(2)17-16-19(22)23-3/h4-17H2,1-3H3. The molecule has 23 heavy (non-hydrogen) atoms. The van der Waals surface area contributed by atoms with Gasteiger partial charge in [-0.1, -0.05) is 71.1 Å². The van der Waals surface area contributed by atoms with Crippen LogP contribution in [0.25, 0.3) is 0 Å². The molecule has 0 aromatic carbocycles. The molecule has 136 valence electrons. The van der Waals surface area contributed by atoms with E-state index < -0.39 is 0 Å². The van der Waals surface area contributed by atoms with Gasteiger partial charge >= 0.3 is 5.97 Å². The zero-order valence-electron chi connectivity index (χ0n) is 15.6. The molecule has 0 spiro atoms. The normalized spacial score (nSPS) is 10.6. The number of methoxy groups -OCH3 is 1. The van der Waals surface area contributed by atoms with Gasteiger partial charge in [0.1, 0.15) is 0 Å². The second-order valence-electron chi connectivity index (χ2n) is 6.43. The largest absolute Gasteiger partial charge is 0.469 e. The maximum absolute atomic E-state index is 11.9. The van der Waals surface area contributed by atoms with E-state index in [0.29, 0.717) is 13.0 Å². The molecule has 0 rings (SSSR count). The first-order chi connectivity index (χ1) is 11.1. The number of hydrogen-bond donors (Lipinski definition) is 0. The number of carbonyl (C=O) groups is 2. The number of nitrogens with zero attached hydrogens (tertiary/aromatic N) is 1. The van der Waals surface area contributed by atoms with Crippen LogP contribution in [0.15, 0.2) is 0 Å². The molecular formula is C19H37NO3. The van der Waals surface area contributed by atoms with Crippen molar-refractivity contribution in [1.29, 1.82) is 0 Å². The van der Waals surface area contributed by atoms with E-state index in [1.165, 1.54) is 64.9 Å². The average Bonchev–Trinajstić information content (AvgIpc) is 2.56. The van der Waals surface area contributed by atoms with E-state index in [1.807, 2.05) is 0 Å². The fourth-order valence-corrected chi connectivity index (χ4v) is 2.62. The highest BCUT2D eigenvalue weighted by molar-refractivity contribution is 5.76. The van der Waals surface area contributed by atoms with Crippen molar-refractivity contribution in [3.05, 3.63) is 0 Å². The van der Waals surface area contributed by atoms with Gasteiger partial charge in [-0.05, 0) is 6.42 Å². The molecule has 0 saturated carbocycles. The van der Waals surface area contributed by atoms with Crippen LogP contribution in [0.3, 0.4) is 0 Å². The molecule has 0 unspecified atom stereocenters. The number of carbonyl (C=O) groups excluding carboxylic acids is 2. The van der Waals surface area contributed by atoms with E-state index in [-0.39, 0.29) is 18.3 Å². The Bertz CT molecular complexity index is 305. The minimum atomic E-state index is -0.264. The molecule has 4 heteroatoms. The van der Waals surface area contributed by atoms with E-state index in [0.717, 1.165) is 12.8 Å². The molecule has 4 nitrogen and oxygen atoms in total. The summed E-state index contributed by atoms with van der Waals surface area (Å²) in [6.07, 6.45) is 15.0. The molecule has 0 aromatic heterocycles. The summed E-state index contributed by atoms with van der Waals surface area (Å²) < 4.78 is 4.58. The number of esters is 1. The molecule has 0 heterocycles. The first-order valence-corrected chi connectivity index (χ1v) is 9.42. The van der Waals surface area contributed by atoms with Gasteiger partial charge in [-0.25, -0.2) is 0 Å². The summed E-state index contributed by atoms with van der Waals surface area (Å²) in [6, 6.07) is 0. The number of unbranched alkanes of at least 4 members (excludes halogenated alkanes) is 10. The highest BCUT2D eigenvalue weighted by Crippen LogP contribution is 2.12. The van der Waals surface area contributed by atoms with Gasteiger partial charge in [0, 0.05) is 20.0 Å². The fourth-order valence-electron chi connectivity index (χ4n) is 2.62. The zero-order chi connectivity index (χ0) is 17.3. The van der Waals surface area contributed by atoms with E-state index in [1.54, 1.807) is 11.9 Å². The Morgan fingerprint density at radius 1 is 0.783 bits per heavy atom. The number of ether oxygens (including phenoxy) is 1. The van der Waals surface area contributed by atoms with Gasteiger partial charge in [0.2, 0.25) is 5.91 Å². The van der Waals surface area contributed by atoms with Gasteiger partial charge in [0.25, 0.3) is 0 Å². The van der Waals surface area contributed by atoms with Crippen molar-refractivity contribution in [1.82, 2.24) is 4.90 Å². The van der Waals surface area contributed by atoms with Crippen LogP contribution >= 0.6 is 0 Å². The topological polar surface area (TPSA) is 46.6 Å². The smallest absolute Gasteiger partial charge is 0.307 e. The van der Waals surface area contributed by atoms with Gasteiger partial charge in [-0.2, -0.15) is 0 Å². The Morgan fingerprint density at radius 3 is 1.74 bits per heavy atom. The van der Waals surface area contributed by atoms with Crippen LogP contribution in [0.5, 0.6) is 0 Å². The first kappa shape index (κ1) is 21.9. The van der Waals surface area contributed by atoms with Gasteiger partial charge in [-0.3, -0.25) is 9.59 Å². The van der Waals surface area contributed by atoms with Crippen molar-refractivity contribution in [2.24, 2.45) is 0 Å². The van der Waals surface area contributed by atoms with Crippen LogP contribution in [0.1, 0.15) is 90.4 Å². The van der Waals surface area contributed by atoms with Crippen LogP contribution in [0.4, 0.5) is 0 Å².